The highest BCUT2D eigenvalue weighted by Crippen LogP contribution is 2.25. The second kappa shape index (κ2) is 8.80. The van der Waals surface area contributed by atoms with Crippen LogP contribution in [0.3, 0.4) is 0 Å². The third-order valence-corrected chi connectivity index (χ3v) is 5.74. The fraction of sp³-hybridized carbons (Fsp3) is 0.304. The zero-order valence-electron chi connectivity index (χ0n) is 17.9. The molecule has 0 atom stereocenters. The van der Waals surface area contributed by atoms with Crippen molar-refractivity contribution in [3.05, 3.63) is 79.7 Å². The highest BCUT2D eigenvalue weighted by atomic mass is 16.6. The van der Waals surface area contributed by atoms with Crippen LogP contribution in [-0.2, 0) is 6.54 Å². The summed E-state index contributed by atoms with van der Waals surface area (Å²) in [7, 11) is 1.58. The standard InChI is InChI=1S/C23H23N3O6/c1-15-3-4-16(11-20(15)26(29)30)23(28)25-9-7-24(8-10-25)14-17-12-22(27)32-21-6-5-18(31-2)13-19(17)21/h3-6,11-13H,7-10,14H2,1-2H3. The highest BCUT2D eigenvalue weighted by molar-refractivity contribution is 5.95. The van der Waals surface area contributed by atoms with E-state index in [4.69, 9.17) is 9.15 Å². The molecule has 2 heterocycles. The molecule has 0 spiro atoms. The van der Waals surface area contributed by atoms with Crippen LogP contribution in [0.15, 0.2) is 51.7 Å². The lowest BCUT2D eigenvalue weighted by Crippen LogP contribution is -2.48. The zero-order valence-corrected chi connectivity index (χ0v) is 17.9. The third kappa shape index (κ3) is 4.33. The maximum Gasteiger partial charge on any atom is 0.336 e. The predicted molar refractivity (Wildman–Crippen MR) is 118 cm³/mol. The molecule has 9 heteroatoms. The third-order valence-electron chi connectivity index (χ3n) is 5.74. The molecule has 0 bridgehead atoms. The molecular formula is C23H23N3O6. The average Bonchev–Trinajstić information content (AvgIpc) is 2.79. The Morgan fingerprint density at radius 2 is 1.88 bits per heavy atom. The van der Waals surface area contributed by atoms with Crippen LogP contribution in [0.5, 0.6) is 5.75 Å². The van der Waals surface area contributed by atoms with E-state index in [-0.39, 0.29) is 11.6 Å². The van der Waals surface area contributed by atoms with Crippen LogP contribution < -0.4 is 10.4 Å². The molecule has 0 radical (unpaired) electrons. The van der Waals surface area contributed by atoms with Gasteiger partial charge >= 0.3 is 5.63 Å². The lowest BCUT2D eigenvalue weighted by molar-refractivity contribution is -0.385. The number of fused-ring (bicyclic) bond motifs is 1. The number of ether oxygens (including phenoxy) is 1. The Kier molecular flexibility index (Phi) is 5.91. The molecule has 1 aliphatic heterocycles. The van der Waals surface area contributed by atoms with Crippen LogP contribution in [0.25, 0.3) is 11.0 Å². The summed E-state index contributed by atoms with van der Waals surface area (Å²) in [6.07, 6.45) is 0. The van der Waals surface area contributed by atoms with E-state index in [1.165, 1.54) is 12.1 Å². The summed E-state index contributed by atoms with van der Waals surface area (Å²) >= 11 is 0. The molecule has 0 unspecified atom stereocenters. The lowest BCUT2D eigenvalue weighted by Gasteiger charge is -2.35. The van der Waals surface area contributed by atoms with Gasteiger partial charge in [-0.05, 0) is 36.8 Å². The van der Waals surface area contributed by atoms with Gasteiger partial charge in [0, 0.05) is 61.4 Å². The second-order valence-electron chi connectivity index (χ2n) is 7.78. The van der Waals surface area contributed by atoms with Crippen molar-refractivity contribution in [2.24, 2.45) is 0 Å². The highest BCUT2D eigenvalue weighted by Gasteiger charge is 2.24. The van der Waals surface area contributed by atoms with E-state index in [1.807, 2.05) is 6.07 Å². The first-order valence-corrected chi connectivity index (χ1v) is 10.2. The van der Waals surface area contributed by atoms with E-state index in [0.717, 1.165) is 10.9 Å². The van der Waals surface area contributed by atoms with E-state index in [1.54, 1.807) is 43.2 Å². The van der Waals surface area contributed by atoms with Crippen LogP contribution >= 0.6 is 0 Å². The molecule has 2 aromatic carbocycles. The van der Waals surface area contributed by atoms with Crippen LogP contribution in [0.4, 0.5) is 5.69 Å². The van der Waals surface area contributed by atoms with Crippen molar-refractivity contribution < 1.29 is 18.9 Å². The van der Waals surface area contributed by atoms with Gasteiger partial charge in [0.05, 0.1) is 12.0 Å². The number of nitro benzene ring substituents is 1. The topological polar surface area (TPSA) is 106 Å². The molecule has 1 aromatic heterocycles. The summed E-state index contributed by atoms with van der Waals surface area (Å²) in [5.41, 5.74) is 1.71. The van der Waals surface area contributed by atoms with Gasteiger partial charge in [0.15, 0.2) is 0 Å². The number of rotatable bonds is 5. The van der Waals surface area contributed by atoms with Crippen LogP contribution in [-0.4, -0.2) is 53.9 Å². The number of nitrogens with zero attached hydrogens (tertiary/aromatic N) is 3. The number of hydrogen-bond donors (Lipinski definition) is 0. The molecule has 9 nitrogen and oxygen atoms in total. The summed E-state index contributed by atoms with van der Waals surface area (Å²) in [6.45, 7) is 4.39. The van der Waals surface area contributed by atoms with Gasteiger partial charge < -0.3 is 14.1 Å². The lowest BCUT2D eigenvalue weighted by atomic mass is 10.1. The molecule has 1 saturated heterocycles. The number of methoxy groups -OCH3 is 1. The fourth-order valence-electron chi connectivity index (χ4n) is 3.94. The minimum absolute atomic E-state index is 0.0558. The van der Waals surface area contributed by atoms with Gasteiger partial charge in [0.2, 0.25) is 0 Å². The molecule has 3 aromatic rings. The number of piperazine rings is 1. The number of aryl methyl sites for hydroxylation is 1. The molecule has 1 aliphatic rings. The maximum absolute atomic E-state index is 12.9. The van der Waals surface area contributed by atoms with E-state index >= 15 is 0 Å². The predicted octanol–water partition coefficient (Wildman–Crippen LogP) is 2.98. The summed E-state index contributed by atoms with van der Waals surface area (Å²) in [4.78, 5) is 39.4. The first-order valence-electron chi connectivity index (χ1n) is 10.2. The van der Waals surface area contributed by atoms with Crippen molar-refractivity contribution in [3.63, 3.8) is 0 Å². The van der Waals surface area contributed by atoms with E-state index in [0.29, 0.717) is 55.2 Å². The Morgan fingerprint density at radius 3 is 2.56 bits per heavy atom. The Bertz CT molecular complexity index is 1240. The van der Waals surface area contributed by atoms with E-state index < -0.39 is 10.5 Å². The molecule has 0 N–H and O–H groups in total. The fourth-order valence-corrected chi connectivity index (χ4v) is 3.94. The Hall–Kier alpha value is -3.72. The number of carbonyl (C=O) groups excluding carboxylic acids is 1. The van der Waals surface area contributed by atoms with Gasteiger partial charge in [0.1, 0.15) is 11.3 Å². The Balaban J connectivity index is 1.47. The summed E-state index contributed by atoms with van der Waals surface area (Å²) in [5, 5.41) is 12.0. The SMILES string of the molecule is COc1ccc2oc(=O)cc(CN3CCN(C(=O)c4ccc(C)c([N+](=O)[O-])c4)CC3)c2c1. The van der Waals surface area contributed by atoms with Gasteiger partial charge in [-0.3, -0.25) is 19.8 Å². The van der Waals surface area contributed by atoms with Gasteiger partial charge in [-0.15, -0.1) is 0 Å². The van der Waals surface area contributed by atoms with Gasteiger partial charge in [0.25, 0.3) is 11.6 Å². The molecule has 1 amide bonds. The van der Waals surface area contributed by atoms with Crippen LogP contribution in [0, 0.1) is 17.0 Å². The second-order valence-corrected chi connectivity index (χ2v) is 7.78. The van der Waals surface area contributed by atoms with Gasteiger partial charge in [-0.2, -0.15) is 0 Å². The summed E-state index contributed by atoms with van der Waals surface area (Å²) in [5.74, 6) is 0.457. The number of hydrogen-bond acceptors (Lipinski definition) is 7. The molecule has 1 fully saturated rings. The largest absolute Gasteiger partial charge is 0.497 e. The molecular weight excluding hydrogens is 414 g/mol. The van der Waals surface area contributed by atoms with E-state index in [9.17, 15) is 19.7 Å². The summed E-state index contributed by atoms with van der Waals surface area (Å²) in [6, 6.07) is 11.4. The minimum Gasteiger partial charge on any atom is -0.497 e. The van der Waals surface area contributed by atoms with Crippen LogP contribution in [0.2, 0.25) is 0 Å². The number of amides is 1. The average molecular weight is 437 g/mol. The van der Waals surface area contributed by atoms with Gasteiger partial charge in [-0.1, -0.05) is 6.07 Å². The maximum atomic E-state index is 12.9. The quantitative estimate of drug-likeness (QED) is 0.343. The molecule has 32 heavy (non-hydrogen) atoms. The molecule has 0 aliphatic carbocycles. The minimum atomic E-state index is -0.472. The molecule has 0 saturated carbocycles. The van der Waals surface area contributed by atoms with Crippen molar-refractivity contribution in [1.29, 1.82) is 0 Å². The van der Waals surface area contributed by atoms with E-state index in [2.05, 4.69) is 4.90 Å². The molecule has 166 valence electrons. The van der Waals surface area contributed by atoms with Crippen molar-refractivity contribution in [2.45, 2.75) is 13.5 Å². The Morgan fingerprint density at radius 1 is 1.12 bits per heavy atom. The van der Waals surface area contributed by atoms with Crippen molar-refractivity contribution >= 4 is 22.6 Å². The van der Waals surface area contributed by atoms with Gasteiger partial charge in [-0.25, -0.2) is 4.79 Å². The first kappa shape index (κ1) is 21.5. The van der Waals surface area contributed by atoms with Crippen molar-refractivity contribution in [2.75, 3.05) is 33.3 Å². The summed E-state index contributed by atoms with van der Waals surface area (Å²) < 4.78 is 10.6. The van der Waals surface area contributed by atoms with Crippen LogP contribution in [0.1, 0.15) is 21.5 Å². The first-order chi connectivity index (χ1) is 15.4. The normalized spacial score (nSPS) is 14.5. The monoisotopic (exact) mass is 437 g/mol. The van der Waals surface area contributed by atoms with Crippen molar-refractivity contribution in [3.8, 4) is 5.75 Å². The smallest absolute Gasteiger partial charge is 0.336 e. The number of nitro groups is 1. The Labute approximate surface area is 183 Å². The van der Waals surface area contributed by atoms with Crippen molar-refractivity contribution in [1.82, 2.24) is 9.80 Å². The number of carbonyl (C=O) groups is 1. The molecule has 4 rings (SSSR count). The zero-order chi connectivity index (χ0) is 22.8. The number of benzene rings is 2.